The Hall–Kier alpha value is -3.38. The van der Waals surface area contributed by atoms with Crippen LogP contribution in [0.25, 0.3) is 33.4 Å². The third-order valence-electron chi connectivity index (χ3n) is 5.50. The molecule has 1 aliphatic carbocycles. The van der Waals surface area contributed by atoms with Crippen molar-refractivity contribution >= 4 is 34.0 Å². The van der Waals surface area contributed by atoms with Gasteiger partial charge in [-0.3, -0.25) is 4.79 Å². The van der Waals surface area contributed by atoms with E-state index < -0.39 is 0 Å². The first kappa shape index (κ1) is 22.8. The summed E-state index contributed by atoms with van der Waals surface area (Å²) < 4.78 is 5.92. The number of fused-ring (bicyclic) bond motifs is 2. The number of nitrogens with one attached hydrogen (secondary N) is 2. The number of hydrogen-bond donors (Lipinski definition) is 3. The van der Waals surface area contributed by atoms with Crippen LogP contribution in [0.5, 0.6) is 5.75 Å². The second kappa shape index (κ2) is 9.24. The van der Waals surface area contributed by atoms with Crippen LogP contribution in [0.3, 0.4) is 0 Å². The van der Waals surface area contributed by atoms with Gasteiger partial charge in [-0.2, -0.15) is 0 Å². The zero-order chi connectivity index (χ0) is 23.6. The van der Waals surface area contributed by atoms with Crippen LogP contribution in [-0.2, 0) is 0 Å². The van der Waals surface area contributed by atoms with Gasteiger partial charge in [-0.25, -0.2) is 0 Å². The third-order valence-corrected chi connectivity index (χ3v) is 5.74. The molecule has 0 saturated carbocycles. The minimum atomic E-state index is -0.125. The molecule has 1 heterocycles. The lowest BCUT2D eigenvalue weighted by atomic mass is 9.91. The summed E-state index contributed by atoms with van der Waals surface area (Å²) in [6.45, 7) is 7.54. The van der Waals surface area contributed by atoms with Crippen molar-refractivity contribution in [2.24, 2.45) is 5.41 Å². The highest BCUT2D eigenvalue weighted by Crippen LogP contribution is 2.40. The summed E-state index contributed by atoms with van der Waals surface area (Å²) >= 11 is 5.43. The molecule has 0 radical (unpaired) electrons. The van der Waals surface area contributed by atoms with Crippen molar-refractivity contribution < 1.29 is 9.52 Å². The van der Waals surface area contributed by atoms with Crippen molar-refractivity contribution in [3.63, 3.8) is 0 Å². The third kappa shape index (κ3) is 5.52. The maximum Gasteiger partial charge on any atom is 0.182 e. The molecule has 0 aromatic heterocycles. The average molecular weight is 461 g/mol. The van der Waals surface area contributed by atoms with Gasteiger partial charge in [0.2, 0.25) is 0 Å². The van der Waals surface area contributed by atoms with E-state index in [1.807, 2.05) is 30.3 Å². The van der Waals surface area contributed by atoms with Gasteiger partial charge in [0.05, 0.1) is 0 Å². The summed E-state index contributed by atoms with van der Waals surface area (Å²) in [4.78, 5) is 11.9. The zero-order valence-corrected chi connectivity index (χ0v) is 19.9. The Morgan fingerprint density at radius 3 is 2.52 bits per heavy atom. The number of phenolic OH excluding ortho intramolecular Hbond substituents is 1. The Morgan fingerprint density at radius 2 is 1.79 bits per heavy atom. The number of benzene rings is 3. The molecule has 0 atom stereocenters. The molecule has 3 N–H and O–H groups in total. The van der Waals surface area contributed by atoms with Crippen LogP contribution in [0.2, 0.25) is 0 Å². The fraction of sp³-hybridized carbons (Fsp3) is 0.259. The van der Waals surface area contributed by atoms with Crippen molar-refractivity contribution in [2.75, 3.05) is 11.9 Å². The molecule has 4 rings (SSSR count). The zero-order valence-electron chi connectivity index (χ0n) is 19.1. The molecule has 170 valence electrons. The predicted molar refractivity (Wildman–Crippen MR) is 139 cm³/mol. The Balaban J connectivity index is 1.58. The first-order valence-electron chi connectivity index (χ1n) is 11.0. The molecule has 0 saturated heterocycles. The molecule has 6 heteroatoms. The quantitative estimate of drug-likeness (QED) is 0.182. The van der Waals surface area contributed by atoms with Crippen LogP contribution in [0.4, 0.5) is 5.69 Å². The van der Waals surface area contributed by atoms with Crippen LogP contribution in [0.1, 0.15) is 33.6 Å². The highest BCUT2D eigenvalue weighted by molar-refractivity contribution is 7.80. The van der Waals surface area contributed by atoms with Crippen LogP contribution in [-0.4, -0.2) is 16.8 Å². The first-order valence-corrected chi connectivity index (χ1v) is 11.5. The molecule has 5 nitrogen and oxygen atoms in total. The minimum Gasteiger partial charge on any atom is -0.508 e. The van der Waals surface area contributed by atoms with Gasteiger partial charge in [0, 0.05) is 40.9 Å². The maximum absolute atomic E-state index is 11.9. The summed E-state index contributed by atoms with van der Waals surface area (Å²) in [5.41, 5.74) is 4.36. The summed E-state index contributed by atoms with van der Waals surface area (Å²) in [5, 5.41) is 17.9. The van der Waals surface area contributed by atoms with Gasteiger partial charge in [0.25, 0.3) is 0 Å². The van der Waals surface area contributed by atoms with Crippen LogP contribution >= 0.6 is 12.2 Å². The Morgan fingerprint density at radius 1 is 1.03 bits per heavy atom. The summed E-state index contributed by atoms with van der Waals surface area (Å²) in [7, 11) is 0. The van der Waals surface area contributed by atoms with Gasteiger partial charge < -0.3 is 20.2 Å². The SMILES string of the molecule is CC(C)(C)CCCNC(=S)Nc1ccc(-c2c3ccc(=O)cc-3oc3cc(O)ccc23)cc1. The van der Waals surface area contributed by atoms with Crippen LogP contribution in [0.15, 0.2) is 69.9 Å². The molecule has 0 amide bonds. The number of hydrogen-bond acceptors (Lipinski definition) is 4. The monoisotopic (exact) mass is 460 g/mol. The van der Waals surface area contributed by atoms with Gasteiger partial charge in [0.1, 0.15) is 17.1 Å². The molecule has 0 fully saturated rings. The van der Waals surface area contributed by atoms with E-state index in [4.69, 9.17) is 16.6 Å². The van der Waals surface area contributed by atoms with E-state index in [2.05, 4.69) is 31.4 Å². The lowest BCUT2D eigenvalue weighted by molar-refractivity contribution is 0.365. The molecule has 0 spiro atoms. The molecule has 0 bridgehead atoms. The first-order chi connectivity index (χ1) is 15.7. The van der Waals surface area contributed by atoms with Crippen LogP contribution < -0.4 is 16.1 Å². The summed E-state index contributed by atoms with van der Waals surface area (Å²) in [6, 6.07) is 17.8. The number of aromatic hydroxyl groups is 1. The molecule has 2 aromatic carbocycles. The number of anilines is 1. The van der Waals surface area contributed by atoms with Gasteiger partial charge in [-0.15, -0.1) is 0 Å². The van der Waals surface area contributed by atoms with E-state index in [9.17, 15) is 9.90 Å². The van der Waals surface area contributed by atoms with Crippen molar-refractivity contribution in [3.8, 4) is 28.2 Å². The molecular weight excluding hydrogens is 432 g/mol. The lowest BCUT2D eigenvalue weighted by Gasteiger charge is -2.18. The summed E-state index contributed by atoms with van der Waals surface area (Å²) in [5.74, 6) is 0.594. The lowest BCUT2D eigenvalue weighted by Crippen LogP contribution is -2.29. The van der Waals surface area contributed by atoms with Crippen molar-refractivity contribution in [1.82, 2.24) is 5.32 Å². The molecule has 1 aliphatic heterocycles. The number of rotatable bonds is 5. The van der Waals surface area contributed by atoms with E-state index in [-0.39, 0.29) is 11.2 Å². The molecule has 33 heavy (non-hydrogen) atoms. The van der Waals surface area contributed by atoms with E-state index in [1.165, 1.54) is 12.1 Å². The number of thiocarbonyl (C=S) groups is 1. The van der Waals surface area contributed by atoms with Gasteiger partial charge in [-0.1, -0.05) is 32.9 Å². The van der Waals surface area contributed by atoms with E-state index in [1.54, 1.807) is 18.2 Å². The highest BCUT2D eigenvalue weighted by atomic mass is 32.1. The largest absolute Gasteiger partial charge is 0.508 e. The Kier molecular flexibility index (Phi) is 6.38. The molecular formula is C27H28N2O3S. The Bertz CT molecular complexity index is 1320. The van der Waals surface area contributed by atoms with Gasteiger partial charge in [-0.05, 0) is 72.4 Å². The predicted octanol–water partition coefficient (Wildman–Crippen LogP) is 6.38. The topological polar surface area (TPSA) is 74.5 Å². The minimum absolute atomic E-state index is 0.109. The van der Waals surface area contributed by atoms with Crippen LogP contribution in [0, 0.1) is 5.41 Å². The van der Waals surface area contributed by atoms with Crippen molar-refractivity contribution in [3.05, 3.63) is 70.9 Å². The fourth-order valence-electron chi connectivity index (χ4n) is 3.89. The van der Waals surface area contributed by atoms with Gasteiger partial charge >= 0.3 is 0 Å². The number of phenols is 1. The molecule has 2 aromatic rings. The second-order valence-corrected chi connectivity index (χ2v) is 9.85. The standard InChI is InChI=1S/C27H28N2O3S/c1-27(2,3)13-4-14-28-26(33)29-18-7-5-17(6-8-18)25-21-11-9-19(30)15-23(21)32-24-16-20(31)10-12-22(24)25/h5-12,15-16,30H,4,13-14H2,1-3H3,(H2,28,29,33). The van der Waals surface area contributed by atoms with E-state index >= 15 is 0 Å². The maximum atomic E-state index is 11.9. The normalized spacial score (nSPS) is 11.6. The smallest absolute Gasteiger partial charge is 0.182 e. The van der Waals surface area contributed by atoms with E-state index in [0.717, 1.165) is 47.2 Å². The van der Waals surface area contributed by atoms with Crippen molar-refractivity contribution in [2.45, 2.75) is 33.6 Å². The van der Waals surface area contributed by atoms with Gasteiger partial charge in [0.15, 0.2) is 10.5 Å². The fourth-order valence-corrected chi connectivity index (χ4v) is 4.11. The highest BCUT2D eigenvalue weighted by Gasteiger charge is 2.17. The molecule has 0 unspecified atom stereocenters. The Labute approximate surface area is 198 Å². The second-order valence-electron chi connectivity index (χ2n) is 9.44. The van der Waals surface area contributed by atoms with E-state index in [0.29, 0.717) is 21.9 Å². The molecule has 2 aliphatic rings. The average Bonchev–Trinajstić information content (AvgIpc) is 2.75. The van der Waals surface area contributed by atoms with Crippen molar-refractivity contribution in [1.29, 1.82) is 0 Å². The summed E-state index contributed by atoms with van der Waals surface area (Å²) in [6.07, 6.45) is 2.19.